The first-order chi connectivity index (χ1) is 8.61. The van der Waals surface area contributed by atoms with Gasteiger partial charge in [0.25, 0.3) is 0 Å². The summed E-state index contributed by atoms with van der Waals surface area (Å²) in [6.45, 7) is 4.88. The number of hydrogen-bond donors (Lipinski definition) is 2. The van der Waals surface area contributed by atoms with Gasteiger partial charge in [0.15, 0.2) is 0 Å². The fourth-order valence-electron chi connectivity index (χ4n) is 1.39. The Morgan fingerprint density at radius 3 is 2.94 bits per heavy atom. The lowest BCUT2D eigenvalue weighted by Gasteiger charge is -2.09. The van der Waals surface area contributed by atoms with Gasteiger partial charge in [0.2, 0.25) is 5.91 Å². The number of nitrogens with two attached hydrogens (primary N) is 1. The first-order valence-electron chi connectivity index (χ1n) is 6.04. The molecule has 0 saturated heterocycles. The van der Waals surface area contributed by atoms with Gasteiger partial charge in [0.1, 0.15) is 5.75 Å². The van der Waals surface area contributed by atoms with E-state index in [2.05, 4.69) is 5.32 Å². The molecule has 0 heterocycles. The molecule has 0 atom stereocenters. The maximum atomic E-state index is 11.4. The molecule has 98 valence electrons. The van der Waals surface area contributed by atoms with E-state index >= 15 is 0 Å². The van der Waals surface area contributed by atoms with E-state index in [1.165, 1.54) is 6.08 Å². The van der Waals surface area contributed by atoms with E-state index in [0.29, 0.717) is 13.1 Å². The first-order valence-corrected chi connectivity index (χ1v) is 6.04. The molecule has 1 aromatic rings. The average Bonchev–Trinajstić information content (AvgIpc) is 2.33. The van der Waals surface area contributed by atoms with Crippen LogP contribution in [0.2, 0.25) is 0 Å². The zero-order chi connectivity index (χ0) is 13.4. The summed E-state index contributed by atoms with van der Waals surface area (Å²) >= 11 is 0. The number of rotatable bonds is 6. The van der Waals surface area contributed by atoms with Crippen LogP contribution in [0.1, 0.15) is 19.4 Å². The van der Waals surface area contributed by atoms with Crippen molar-refractivity contribution >= 4 is 12.0 Å². The van der Waals surface area contributed by atoms with Crippen LogP contribution in [0.15, 0.2) is 30.3 Å². The molecule has 0 aromatic heterocycles. The quantitative estimate of drug-likeness (QED) is 0.751. The summed E-state index contributed by atoms with van der Waals surface area (Å²) in [7, 11) is 0. The Hall–Kier alpha value is -1.81. The van der Waals surface area contributed by atoms with E-state index in [0.717, 1.165) is 11.3 Å². The monoisotopic (exact) mass is 248 g/mol. The minimum atomic E-state index is -0.143. The zero-order valence-corrected chi connectivity index (χ0v) is 10.8. The second-order valence-corrected chi connectivity index (χ2v) is 4.15. The van der Waals surface area contributed by atoms with Gasteiger partial charge in [-0.3, -0.25) is 4.79 Å². The van der Waals surface area contributed by atoms with Gasteiger partial charge in [-0.1, -0.05) is 12.1 Å². The smallest absolute Gasteiger partial charge is 0.244 e. The molecule has 0 fully saturated rings. The molecule has 0 aliphatic heterocycles. The maximum absolute atomic E-state index is 11.4. The van der Waals surface area contributed by atoms with Gasteiger partial charge in [-0.15, -0.1) is 0 Å². The van der Waals surface area contributed by atoms with Crippen LogP contribution in [0, 0.1) is 0 Å². The normalized spacial score (nSPS) is 10.9. The lowest BCUT2D eigenvalue weighted by Crippen LogP contribution is -2.27. The summed E-state index contributed by atoms with van der Waals surface area (Å²) < 4.78 is 5.58. The highest BCUT2D eigenvalue weighted by Gasteiger charge is 1.98. The second kappa shape index (κ2) is 7.50. The van der Waals surface area contributed by atoms with E-state index < -0.39 is 0 Å². The summed E-state index contributed by atoms with van der Waals surface area (Å²) in [6, 6.07) is 7.60. The molecule has 0 unspecified atom stereocenters. The summed E-state index contributed by atoms with van der Waals surface area (Å²) in [5, 5.41) is 2.67. The Morgan fingerprint density at radius 1 is 1.50 bits per heavy atom. The van der Waals surface area contributed by atoms with Crippen LogP contribution in [-0.2, 0) is 4.79 Å². The van der Waals surface area contributed by atoms with E-state index in [9.17, 15) is 4.79 Å². The van der Waals surface area contributed by atoms with Gasteiger partial charge in [0, 0.05) is 19.2 Å². The maximum Gasteiger partial charge on any atom is 0.244 e. The van der Waals surface area contributed by atoms with Crippen molar-refractivity contribution < 1.29 is 9.53 Å². The molecule has 1 rings (SSSR count). The van der Waals surface area contributed by atoms with Crippen molar-refractivity contribution in [3.63, 3.8) is 0 Å². The Balaban J connectivity index is 2.61. The number of amides is 1. The van der Waals surface area contributed by atoms with E-state index in [1.54, 1.807) is 6.08 Å². The van der Waals surface area contributed by atoms with Gasteiger partial charge in [-0.05, 0) is 37.6 Å². The van der Waals surface area contributed by atoms with Crippen molar-refractivity contribution in [2.45, 2.75) is 20.0 Å². The fraction of sp³-hybridized carbons (Fsp3) is 0.357. The molecular formula is C14H20N2O2. The summed E-state index contributed by atoms with van der Waals surface area (Å²) in [5.74, 6) is 0.658. The Labute approximate surface area is 108 Å². The van der Waals surface area contributed by atoms with Gasteiger partial charge in [-0.25, -0.2) is 0 Å². The van der Waals surface area contributed by atoms with Crippen molar-refractivity contribution in [2.75, 3.05) is 13.1 Å². The number of ether oxygens (including phenoxy) is 1. The van der Waals surface area contributed by atoms with Crippen molar-refractivity contribution in [3.8, 4) is 5.75 Å². The number of benzene rings is 1. The number of carbonyl (C=O) groups is 1. The molecule has 4 heteroatoms. The lowest BCUT2D eigenvalue weighted by molar-refractivity contribution is -0.116. The number of nitrogens with one attached hydrogen (secondary N) is 1. The molecular weight excluding hydrogens is 228 g/mol. The molecule has 3 N–H and O–H groups in total. The molecule has 0 spiro atoms. The van der Waals surface area contributed by atoms with Crippen molar-refractivity contribution in [3.05, 3.63) is 35.9 Å². The van der Waals surface area contributed by atoms with Crippen molar-refractivity contribution in [1.29, 1.82) is 0 Å². The Morgan fingerprint density at radius 2 is 2.28 bits per heavy atom. The molecule has 18 heavy (non-hydrogen) atoms. The van der Waals surface area contributed by atoms with Crippen LogP contribution in [0.5, 0.6) is 5.75 Å². The third-order valence-electron chi connectivity index (χ3n) is 2.10. The second-order valence-electron chi connectivity index (χ2n) is 4.15. The standard InChI is InChI=1S/C14H20N2O2/c1-11(2)18-13-5-3-4-12(10-13)6-7-14(17)16-9-8-15/h3-7,10-11H,8-9,15H2,1-2H3,(H,16,17)/b7-6+. The molecule has 1 amide bonds. The minimum Gasteiger partial charge on any atom is -0.491 e. The topological polar surface area (TPSA) is 64.3 Å². The summed E-state index contributed by atoms with van der Waals surface area (Å²) in [4.78, 5) is 11.4. The van der Waals surface area contributed by atoms with Gasteiger partial charge in [-0.2, -0.15) is 0 Å². The fourth-order valence-corrected chi connectivity index (χ4v) is 1.39. The van der Waals surface area contributed by atoms with E-state index in [-0.39, 0.29) is 12.0 Å². The minimum absolute atomic E-state index is 0.136. The van der Waals surface area contributed by atoms with Crippen LogP contribution in [0.25, 0.3) is 6.08 Å². The highest BCUT2D eigenvalue weighted by atomic mass is 16.5. The van der Waals surface area contributed by atoms with Crippen molar-refractivity contribution in [1.82, 2.24) is 5.32 Å². The SMILES string of the molecule is CC(C)Oc1cccc(/C=C/C(=O)NCCN)c1. The molecule has 0 saturated carbocycles. The van der Waals surface area contributed by atoms with Gasteiger partial charge in [0.05, 0.1) is 6.10 Å². The van der Waals surface area contributed by atoms with E-state index in [4.69, 9.17) is 10.5 Å². The van der Waals surface area contributed by atoms with Gasteiger partial charge >= 0.3 is 0 Å². The van der Waals surface area contributed by atoms with Crippen molar-refractivity contribution in [2.24, 2.45) is 5.73 Å². The van der Waals surface area contributed by atoms with E-state index in [1.807, 2.05) is 38.1 Å². The van der Waals surface area contributed by atoms with Crippen LogP contribution in [-0.4, -0.2) is 25.1 Å². The Bertz CT molecular complexity index is 414. The molecule has 0 bridgehead atoms. The molecule has 1 aromatic carbocycles. The number of carbonyl (C=O) groups excluding carboxylic acids is 1. The summed E-state index contributed by atoms with van der Waals surface area (Å²) in [6.07, 6.45) is 3.38. The molecule has 0 aliphatic rings. The van der Waals surface area contributed by atoms with Crippen LogP contribution in [0.3, 0.4) is 0 Å². The third-order valence-corrected chi connectivity index (χ3v) is 2.10. The first kappa shape index (κ1) is 14.3. The predicted octanol–water partition coefficient (Wildman–Crippen LogP) is 1.56. The third kappa shape index (κ3) is 5.50. The van der Waals surface area contributed by atoms with Gasteiger partial charge < -0.3 is 15.8 Å². The zero-order valence-electron chi connectivity index (χ0n) is 10.8. The molecule has 4 nitrogen and oxygen atoms in total. The largest absolute Gasteiger partial charge is 0.491 e. The predicted molar refractivity (Wildman–Crippen MR) is 73.3 cm³/mol. The van der Waals surface area contributed by atoms with Crippen LogP contribution < -0.4 is 15.8 Å². The Kier molecular flexibility index (Phi) is 5.94. The highest BCUT2D eigenvalue weighted by molar-refractivity contribution is 5.91. The van der Waals surface area contributed by atoms with Crippen LogP contribution >= 0.6 is 0 Å². The molecule has 0 radical (unpaired) electrons. The average molecular weight is 248 g/mol. The molecule has 0 aliphatic carbocycles. The summed E-state index contributed by atoms with van der Waals surface area (Å²) in [5.41, 5.74) is 6.22. The van der Waals surface area contributed by atoms with Crippen LogP contribution in [0.4, 0.5) is 0 Å². The lowest BCUT2D eigenvalue weighted by atomic mass is 10.2. The highest BCUT2D eigenvalue weighted by Crippen LogP contribution is 2.15. The number of hydrogen-bond acceptors (Lipinski definition) is 3.